The summed E-state index contributed by atoms with van der Waals surface area (Å²) < 4.78 is 5.69. The minimum Gasteiger partial charge on any atom is -0.507 e. The third kappa shape index (κ3) is 3.04. The zero-order valence-corrected chi connectivity index (χ0v) is 13.5. The summed E-state index contributed by atoms with van der Waals surface area (Å²) in [5.74, 6) is 0.495. The first kappa shape index (κ1) is 15.1. The molecule has 1 saturated heterocycles. The van der Waals surface area contributed by atoms with Gasteiger partial charge in [-0.1, -0.05) is 35.6 Å². The van der Waals surface area contributed by atoms with Crippen LogP contribution in [0.2, 0.25) is 5.02 Å². The number of thioether (sulfide) groups is 1. The zero-order chi connectivity index (χ0) is 15.7. The number of carbonyl (C=O) groups excluding carboxylic acids is 1. The first-order valence-electron chi connectivity index (χ1n) is 6.31. The van der Waals surface area contributed by atoms with E-state index in [4.69, 9.17) is 28.2 Å². The standard InChI is InChI=1S/C15H10ClNO3S2/c16-10-3-4-12(18)9(6-10)7-13-14(19)17(15(21)22-13)8-11-2-1-5-20-11/h1-7,18H,8H2/b13-7-. The Balaban J connectivity index is 1.87. The van der Waals surface area contributed by atoms with Crippen molar-refractivity contribution < 1.29 is 14.3 Å². The van der Waals surface area contributed by atoms with Gasteiger partial charge in [-0.25, -0.2) is 0 Å². The quantitative estimate of drug-likeness (QED) is 0.668. The molecule has 112 valence electrons. The molecular weight excluding hydrogens is 342 g/mol. The third-order valence-electron chi connectivity index (χ3n) is 3.04. The highest BCUT2D eigenvalue weighted by atomic mass is 35.5. The summed E-state index contributed by atoms with van der Waals surface area (Å²) in [6, 6.07) is 8.20. The van der Waals surface area contributed by atoms with Gasteiger partial charge < -0.3 is 9.52 Å². The molecule has 0 aliphatic carbocycles. The number of amides is 1. The molecule has 22 heavy (non-hydrogen) atoms. The fourth-order valence-corrected chi connectivity index (χ4v) is 3.40. The number of thiocarbonyl (C=S) groups is 1. The largest absolute Gasteiger partial charge is 0.507 e. The van der Waals surface area contributed by atoms with Crippen LogP contribution in [0.15, 0.2) is 45.9 Å². The van der Waals surface area contributed by atoms with Gasteiger partial charge in [-0.05, 0) is 36.4 Å². The maximum Gasteiger partial charge on any atom is 0.266 e. The van der Waals surface area contributed by atoms with Crippen molar-refractivity contribution >= 4 is 51.9 Å². The molecule has 0 unspecified atom stereocenters. The van der Waals surface area contributed by atoms with Crippen LogP contribution in [0.3, 0.4) is 0 Å². The van der Waals surface area contributed by atoms with E-state index in [1.54, 1.807) is 36.6 Å². The van der Waals surface area contributed by atoms with Gasteiger partial charge in [-0.15, -0.1) is 0 Å². The van der Waals surface area contributed by atoms with E-state index in [-0.39, 0.29) is 18.2 Å². The molecule has 0 radical (unpaired) electrons. The molecule has 7 heteroatoms. The molecule has 0 saturated carbocycles. The number of nitrogens with zero attached hydrogens (tertiary/aromatic N) is 1. The van der Waals surface area contributed by atoms with E-state index >= 15 is 0 Å². The van der Waals surface area contributed by atoms with Gasteiger partial charge in [0.2, 0.25) is 0 Å². The Labute approximate surface area is 141 Å². The summed E-state index contributed by atoms with van der Waals surface area (Å²) in [6.45, 7) is 0.288. The normalized spacial score (nSPS) is 16.8. The Kier molecular flexibility index (Phi) is 4.24. The van der Waals surface area contributed by atoms with Crippen molar-refractivity contribution in [3.05, 3.63) is 57.8 Å². The van der Waals surface area contributed by atoms with Gasteiger partial charge in [-0.2, -0.15) is 0 Å². The van der Waals surface area contributed by atoms with Crippen LogP contribution in [0.1, 0.15) is 11.3 Å². The van der Waals surface area contributed by atoms with Gasteiger partial charge >= 0.3 is 0 Å². The van der Waals surface area contributed by atoms with Crippen molar-refractivity contribution in [2.75, 3.05) is 0 Å². The molecule has 1 aliphatic heterocycles. The van der Waals surface area contributed by atoms with Crippen molar-refractivity contribution in [2.45, 2.75) is 6.54 Å². The van der Waals surface area contributed by atoms with E-state index < -0.39 is 0 Å². The topological polar surface area (TPSA) is 53.7 Å². The summed E-state index contributed by atoms with van der Waals surface area (Å²) >= 11 is 12.3. The summed E-state index contributed by atoms with van der Waals surface area (Å²) in [5, 5.41) is 10.3. The number of benzene rings is 1. The average molecular weight is 352 g/mol. The van der Waals surface area contributed by atoms with Gasteiger partial charge in [0.05, 0.1) is 17.7 Å². The number of phenols is 1. The molecule has 2 aromatic rings. The first-order valence-corrected chi connectivity index (χ1v) is 7.91. The highest BCUT2D eigenvalue weighted by Gasteiger charge is 2.32. The van der Waals surface area contributed by atoms with Crippen molar-refractivity contribution in [1.29, 1.82) is 0 Å². The van der Waals surface area contributed by atoms with Crippen LogP contribution >= 0.6 is 35.6 Å². The van der Waals surface area contributed by atoms with E-state index in [0.717, 1.165) is 0 Å². The zero-order valence-electron chi connectivity index (χ0n) is 11.2. The molecule has 1 aromatic carbocycles. The molecule has 1 aromatic heterocycles. The van der Waals surface area contributed by atoms with Crippen LogP contribution in [0.5, 0.6) is 5.75 Å². The van der Waals surface area contributed by atoms with Crippen LogP contribution < -0.4 is 0 Å². The van der Waals surface area contributed by atoms with E-state index in [1.807, 2.05) is 0 Å². The average Bonchev–Trinajstić information content (AvgIpc) is 3.08. The molecule has 1 fully saturated rings. The summed E-state index contributed by atoms with van der Waals surface area (Å²) in [7, 11) is 0. The molecule has 0 atom stereocenters. The molecule has 0 bridgehead atoms. The second kappa shape index (κ2) is 6.16. The maximum atomic E-state index is 12.4. The molecule has 1 N–H and O–H groups in total. The van der Waals surface area contributed by atoms with E-state index in [1.165, 1.54) is 22.7 Å². The minimum atomic E-state index is -0.217. The van der Waals surface area contributed by atoms with Gasteiger partial charge in [0, 0.05) is 10.6 Å². The number of furan rings is 1. The highest BCUT2D eigenvalue weighted by molar-refractivity contribution is 8.26. The Bertz CT molecular complexity index is 771. The van der Waals surface area contributed by atoms with Crippen LogP contribution in [0.25, 0.3) is 6.08 Å². The number of hydrogen-bond donors (Lipinski definition) is 1. The van der Waals surface area contributed by atoms with E-state index in [9.17, 15) is 9.90 Å². The summed E-state index contributed by atoms with van der Waals surface area (Å²) in [4.78, 5) is 14.3. The number of rotatable bonds is 3. The molecule has 4 nitrogen and oxygen atoms in total. The minimum absolute atomic E-state index is 0.0562. The predicted molar refractivity (Wildman–Crippen MR) is 90.5 cm³/mol. The Morgan fingerprint density at radius 3 is 2.95 bits per heavy atom. The first-order chi connectivity index (χ1) is 10.5. The molecule has 0 spiro atoms. The lowest BCUT2D eigenvalue weighted by atomic mass is 10.2. The number of carbonyl (C=O) groups is 1. The molecule has 1 amide bonds. The fraction of sp³-hybridized carbons (Fsp3) is 0.0667. The summed E-state index contributed by atoms with van der Waals surface area (Å²) in [6.07, 6.45) is 3.13. The number of hydrogen-bond acceptors (Lipinski definition) is 5. The van der Waals surface area contributed by atoms with Gasteiger partial charge in [0.25, 0.3) is 5.91 Å². The van der Waals surface area contributed by atoms with Crippen molar-refractivity contribution in [3.8, 4) is 5.75 Å². The monoisotopic (exact) mass is 351 g/mol. The lowest BCUT2D eigenvalue weighted by Gasteiger charge is -2.12. The lowest BCUT2D eigenvalue weighted by molar-refractivity contribution is -0.122. The van der Waals surface area contributed by atoms with Crippen LogP contribution in [0, 0.1) is 0 Å². The van der Waals surface area contributed by atoms with Crippen LogP contribution in [0.4, 0.5) is 0 Å². The highest BCUT2D eigenvalue weighted by Crippen LogP contribution is 2.35. The Morgan fingerprint density at radius 1 is 1.41 bits per heavy atom. The van der Waals surface area contributed by atoms with Gasteiger partial charge in [0.1, 0.15) is 15.8 Å². The van der Waals surface area contributed by atoms with Gasteiger partial charge in [0.15, 0.2) is 0 Å². The third-order valence-corrected chi connectivity index (χ3v) is 4.66. The molecule has 3 rings (SSSR count). The predicted octanol–water partition coefficient (Wildman–Crippen LogP) is 4.04. The van der Waals surface area contributed by atoms with Crippen LogP contribution in [-0.4, -0.2) is 20.2 Å². The molecule has 1 aliphatic rings. The number of phenolic OH excluding ortho intramolecular Hbond substituents is 1. The van der Waals surface area contributed by atoms with Crippen LogP contribution in [-0.2, 0) is 11.3 Å². The van der Waals surface area contributed by atoms with Gasteiger partial charge in [-0.3, -0.25) is 9.69 Å². The van der Waals surface area contributed by atoms with Crippen molar-refractivity contribution in [1.82, 2.24) is 4.90 Å². The van der Waals surface area contributed by atoms with E-state index in [0.29, 0.717) is 25.6 Å². The number of halogens is 1. The van der Waals surface area contributed by atoms with Crippen molar-refractivity contribution in [2.24, 2.45) is 0 Å². The van der Waals surface area contributed by atoms with E-state index in [2.05, 4.69) is 0 Å². The maximum absolute atomic E-state index is 12.4. The molecular formula is C15H10ClNO3S2. The Morgan fingerprint density at radius 2 is 2.23 bits per heavy atom. The smallest absolute Gasteiger partial charge is 0.266 e. The number of aromatic hydroxyl groups is 1. The second-order valence-corrected chi connectivity index (χ2v) is 6.66. The SMILES string of the molecule is O=C1/C(=C/c2cc(Cl)ccc2O)SC(=S)N1Cc1ccco1. The Hall–Kier alpha value is -1.76. The lowest BCUT2D eigenvalue weighted by Crippen LogP contribution is -2.27. The second-order valence-electron chi connectivity index (χ2n) is 4.55. The van der Waals surface area contributed by atoms with Crippen molar-refractivity contribution in [3.63, 3.8) is 0 Å². The molecule has 2 heterocycles. The fourth-order valence-electron chi connectivity index (χ4n) is 1.98. The summed E-state index contributed by atoms with van der Waals surface area (Å²) in [5.41, 5.74) is 0.478.